The first-order valence-electron chi connectivity index (χ1n) is 11.4. The van der Waals surface area contributed by atoms with Crippen molar-refractivity contribution < 1.29 is 9.59 Å². The molecule has 0 aliphatic carbocycles. The molecule has 9 heteroatoms. The van der Waals surface area contributed by atoms with Crippen LogP contribution in [0.5, 0.6) is 0 Å². The number of thiazole rings is 1. The standard InChI is InChI=1S/C25H30N6O2S/c1-25(2,3)17-11-9-16(10-12-17)22(33)28-18-7-6-14-31(15-18)24-30-20(21(26)32)23(34-24)29-19-8-4-5-13-27-19/h4-5,8-13,18H,6-7,14-15H2,1-3H3,(H2,26,32)(H,27,29)(H,28,33). The van der Waals surface area contributed by atoms with Crippen molar-refractivity contribution in [1.82, 2.24) is 15.3 Å². The molecule has 0 saturated carbocycles. The lowest BCUT2D eigenvalue weighted by Crippen LogP contribution is -2.47. The summed E-state index contributed by atoms with van der Waals surface area (Å²) < 4.78 is 0. The van der Waals surface area contributed by atoms with Gasteiger partial charge in [0.25, 0.3) is 11.8 Å². The smallest absolute Gasteiger partial charge is 0.270 e. The Labute approximate surface area is 203 Å². The number of primary amides is 1. The van der Waals surface area contributed by atoms with Crippen molar-refractivity contribution in [2.24, 2.45) is 5.73 Å². The lowest BCUT2D eigenvalue weighted by Gasteiger charge is -2.33. The maximum atomic E-state index is 12.8. The molecule has 4 rings (SSSR count). The first-order chi connectivity index (χ1) is 16.2. The van der Waals surface area contributed by atoms with Gasteiger partial charge < -0.3 is 21.3 Å². The van der Waals surface area contributed by atoms with Gasteiger partial charge in [-0.15, -0.1) is 0 Å². The molecule has 178 valence electrons. The molecule has 1 fully saturated rings. The summed E-state index contributed by atoms with van der Waals surface area (Å²) in [5.41, 5.74) is 7.65. The van der Waals surface area contributed by atoms with Crippen molar-refractivity contribution in [3.63, 3.8) is 0 Å². The van der Waals surface area contributed by atoms with Crippen LogP contribution in [0.25, 0.3) is 0 Å². The average Bonchev–Trinajstić information content (AvgIpc) is 3.23. The van der Waals surface area contributed by atoms with Crippen molar-refractivity contribution in [2.45, 2.75) is 45.1 Å². The number of pyridine rings is 1. The van der Waals surface area contributed by atoms with Gasteiger partial charge in [0, 0.05) is 30.9 Å². The Kier molecular flexibility index (Phi) is 6.83. The Hall–Kier alpha value is -3.46. The van der Waals surface area contributed by atoms with Crippen molar-refractivity contribution >= 4 is 39.1 Å². The molecule has 1 atom stereocenters. The number of anilines is 3. The predicted octanol–water partition coefficient (Wildman–Crippen LogP) is 4.08. The zero-order valence-electron chi connectivity index (χ0n) is 19.7. The van der Waals surface area contributed by atoms with Gasteiger partial charge in [-0.25, -0.2) is 9.97 Å². The third-order valence-electron chi connectivity index (χ3n) is 5.80. The maximum absolute atomic E-state index is 12.8. The summed E-state index contributed by atoms with van der Waals surface area (Å²) in [5.74, 6) is -0.0651. The molecule has 4 N–H and O–H groups in total. The average molecular weight is 479 g/mol. The fourth-order valence-corrected chi connectivity index (χ4v) is 4.92. The molecule has 0 spiro atoms. The molecule has 8 nitrogen and oxygen atoms in total. The van der Waals surface area contributed by atoms with Gasteiger partial charge in [0.2, 0.25) is 0 Å². The molecular formula is C25H30N6O2S. The van der Waals surface area contributed by atoms with Crippen LogP contribution in [0.2, 0.25) is 0 Å². The second-order valence-electron chi connectivity index (χ2n) is 9.46. The van der Waals surface area contributed by atoms with E-state index in [4.69, 9.17) is 5.73 Å². The first-order valence-corrected chi connectivity index (χ1v) is 12.2. The topological polar surface area (TPSA) is 113 Å². The molecule has 2 aromatic heterocycles. The van der Waals surface area contributed by atoms with Gasteiger partial charge in [-0.1, -0.05) is 50.3 Å². The Balaban J connectivity index is 1.45. The normalized spacial score (nSPS) is 16.2. The quantitative estimate of drug-likeness (QED) is 0.492. The van der Waals surface area contributed by atoms with Crippen molar-refractivity contribution in [1.29, 1.82) is 0 Å². The van der Waals surface area contributed by atoms with E-state index < -0.39 is 5.91 Å². The Morgan fingerprint density at radius 1 is 1.15 bits per heavy atom. The highest BCUT2D eigenvalue weighted by molar-refractivity contribution is 7.20. The predicted molar refractivity (Wildman–Crippen MR) is 136 cm³/mol. The van der Waals surface area contributed by atoms with Crippen molar-refractivity contribution in [2.75, 3.05) is 23.3 Å². The van der Waals surface area contributed by atoms with Crippen LogP contribution >= 0.6 is 11.3 Å². The fourth-order valence-electron chi connectivity index (χ4n) is 3.91. The van der Waals surface area contributed by atoms with E-state index in [2.05, 4.69) is 46.3 Å². The first kappa shape index (κ1) is 23.7. The van der Waals surface area contributed by atoms with Crippen LogP contribution in [0.4, 0.5) is 16.0 Å². The minimum Gasteiger partial charge on any atom is -0.364 e. The largest absolute Gasteiger partial charge is 0.364 e. The van der Waals surface area contributed by atoms with E-state index in [9.17, 15) is 9.59 Å². The molecule has 1 aliphatic rings. The van der Waals surface area contributed by atoms with E-state index in [1.54, 1.807) is 6.20 Å². The SMILES string of the molecule is CC(C)(C)c1ccc(C(=O)NC2CCCN(c3nc(C(N)=O)c(Nc4ccccn4)s3)C2)cc1. The van der Waals surface area contributed by atoms with Crippen LogP contribution in [-0.2, 0) is 5.41 Å². The number of carbonyl (C=O) groups excluding carboxylic acids is 2. The number of aromatic nitrogens is 2. The molecular weight excluding hydrogens is 448 g/mol. The highest BCUT2D eigenvalue weighted by Crippen LogP contribution is 2.34. The summed E-state index contributed by atoms with van der Waals surface area (Å²) in [6.07, 6.45) is 3.46. The lowest BCUT2D eigenvalue weighted by atomic mass is 9.86. The molecule has 1 aliphatic heterocycles. The summed E-state index contributed by atoms with van der Waals surface area (Å²) in [4.78, 5) is 35.7. The van der Waals surface area contributed by atoms with Gasteiger partial charge in [-0.2, -0.15) is 0 Å². The number of hydrogen-bond acceptors (Lipinski definition) is 7. The Bertz CT molecular complexity index is 1150. The molecule has 1 aromatic carbocycles. The summed E-state index contributed by atoms with van der Waals surface area (Å²) >= 11 is 1.36. The van der Waals surface area contributed by atoms with Gasteiger partial charge in [0.1, 0.15) is 10.8 Å². The number of nitrogens with one attached hydrogen (secondary N) is 2. The summed E-state index contributed by atoms with van der Waals surface area (Å²) in [7, 11) is 0. The van der Waals surface area contributed by atoms with Crippen LogP contribution < -0.4 is 21.3 Å². The second kappa shape index (κ2) is 9.80. The summed E-state index contributed by atoms with van der Waals surface area (Å²) in [6, 6.07) is 13.3. The number of amides is 2. The van der Waals surface area contributed by atoms with E-state index in [-0.39, 0.29) is 23.1 Å². The van der Waals surface area contributed by atoms with Gasteiger partial charge in [-0.05, 0) is 48.1 Å². The zero-order valence-corrected chi connectivity index (χ0v) is 20.5. The highest BCUT2D eigenvalue weighted by Gasteiger charge is 2.26. The third-order valence-corrected chi connectivity index (χ3v) is 6.83. The Morgan fingerprint density at radius 3 is 2.56 bits per heavy atom. The van der Waals surface area contributed by atoms with Gasteiger partial charge in [0.05, 0.1) is 0 Å². The zero-order chi connectivity index (χ0) is 24.3. The van der Waals surface area contributed by atoms with E-state index in [0.717, 1.165) is 19.4 Å². The van der Waals surface area contributed by atoms with Crippen LogP contribution in [0.1, 0.15) is 60.0 Å². The Morgan fingerprint density at radius 2 is 1.91 bits per heavy atom. The second-order valence-corrected chi connectivity index (χ2v) is 10.4. The number of hydrogen-bond donors (Lipinski definition) is 3. The summed E-state index contributed by atoms with van der Waals surface area (Å²) in [5, 5.41) is 7.55. The number of nitrogens with zero attached hydrogens (tertiary/aromatic N) is 3. The molecule has 0 radical (unpaired) electrons. The molecule has 1 unspecified atom stereocenters. The fraction of sp³-hybridized carbons (Fsp3) is 0.360. The van der Waals surface area contributed by atoms with E-state index in [1.807, 2.05) is 42.5 Å². The molecule has 3 aromatic rings. The monoisotopic (exact) mass is 478 g/mol. The molecule has 3 heterocycles. The summed E-state index contributed by atoms with van der Waals surface area (Å²) in [6.45, 7) is 7.86. The van der Waals surface area contributed by atoms with Crippen LogP contribution in [0.15, 0.2) is 48.7 Å². The number of nitrogens with two attached hydrogens (primary N) is 1. The molecule has 1 saturated heterocycles. The van der Waals surface area contributed by atoms with Crippen LogP contribution in [-0.4, -0.2) is 40.9 Å². The van der Waals surface area contributed by atoms with Gasteiger partial charge >= 0.3 is 0 Å². The number of benzene rings is 1. The minimum atomic E-state index is -0.596. The van der Waals surface area contributed by atoms with Crippen LogP contribution in [0, 0.1) is 0 Å². The van der Waals surface area contributed by atoms with E-state index >= 15 is 0 Å². The van der Waals surface area contributed by atoms with E-state index in [0.29, 0.717) is 28.1 Å². The van der Waals surface area contributed by atoms with Crippen LogP contribution in [0.3, 0.4) is 0 Å². The number of piperidine rings is 1. The molecule has 2 amide bonds. The van der Waals surface area contributed by atoms with Crippen molar-refractivity contribution in [3.05, 3.63) is 65.5 Å². The van der Waals surface area contributed by atoms with E-state index in [1.165, 1.54) is 16.9 Å². The van der Waals surface area contributed by atoms with Gasteiger partial charge in [-0.3, -0.25) is 9.59 Å². The van der Waals surface area contributed by atoms with Crippen molar-refractivity contribution in [3.8, 4) is 0 Å². The number of carbonyl (C=O) groups is 2. The number of rotatable bonds is 6. The van der Waals surface area contributed by atoms with Gasteiger partial charge in [0.15, 0.2) is 10.8 Å². The lowest BCUT2D eigenvalue weighted by molar-refractivity contribution is 0.0932. The molecule has 34 heavy (non-hydrogen) atoms. The third kappa shape index (κ3) is 5.53. The minimum absolute atomic E-state index is 0.0170. The molecule has 0 bridgehead atoms. The highest BCUT2D eigenvalue weighted by atomic mass is 32.1. The maximum Gasteiger partial charge on any atom is 0.270 e.